The maximum atomic E-state index is 6.09. The summed E-state index contributed by atoms with van der Waals surface area (Å²) in [7, 11) is 0. The average Bonchev–Trinajstić information content (AvgIpc) is 2.26. The largest absolute Gasteiger partial charge is 0.306 e. The Morgan fingerprint density at radius 1 is 1.47 bits per heavy atom. The van der Waals surface area contributed by atoms with Crippen molar-refractivity contribution in [2.24, 2.45) is 0 Å². The minimum absolute atomic E-state index is 0.227. The van der Waals surface area contributed by atoms with E-state index >= 15 is 0 Å². The Morgan fingerprint density at radius 2 is 2.13 bits per heavy atom. The van der Waals surface area contributed by atoms with Crippen LogP contribution in [-0.2, 0) is 0 Å². The standard InChI is InChI=1S/C12H15Cl2N/c1-9(7-13)8-15-10(2)11-5-3-4-6-12(11)14/h3-7,10,15H,8H2,1-2H3/b9-7+/t10-/m0/s1. The fourth-order valence-electron chi connectivity index (χ4n) is 1.29. The fourth-order valence-corrected chi connectivity index (χ4v) is 1.67. The van der Waals surface area contributed by atoms with Crippen LogP contribution in [0, 0.1) is 0 Å². The molecule has 0 aliphatic carbocycles. The van der Waals surface area contributed by atoms with Crippen molar-refractivity contribution in [2.75, 3.05) is 6.54 Å². The Morgan fingerprint density at radius 3 is 2.73 bits per heavy atom. The van der Waals surface area contributed by atoms with Crippen molar-refractivity contribution in [3.05, 3.63) is 46.0 Å². The van der Waals surface area contributed by atoms with Gasteiger partial charge in [0.2, 0.25) is 0 Å². The van der Waals surface area contributed by atoms with Crippen LogP contribution in [0.1, 0.15) is 25.5 Å². The van der Waals surface area contributed by atoms with Crippen LogP contribution < -0.4 is 5.32 Å². The second kappa shape index (κ2) is 6.16. The smallest absolute Gasteiger partial charge is 0.0453 e. The van der Waals surface area contributed by atoms with Crippen LogP contribution in [0.25, 0.3) is 0 Å². The molecule has 1 N–H and O–H groups in total. The first-order chi connectivity index (χ1) is 7.15. The van der Waals surface area contributed by atoms with Crippen molar-refractivity contribution in [1.29, 1.82) is 0 Å². The third-order valence-corrected chi connectivity index (χ3v) is 2.96. The van der Waals surface area contributed by atoms with Gasteiger partial charge in [0.1, 0.15) is 0 Å². The molecule has 0 aliphatic heterocycles. The molecule has 0 radical (unpaired) electrons. The zero-order valence-electron chi connectivity index (χ0n) is 8.93. The van der Waals surface area contributed by atoms with Crippen LogP contribution in [0.5, 0.6) is 0 Å². The van der Waals surface area contributed by atoms with Crippen LogP contribution in [0.2, 0.25) is 5.02 Å². The maximum Gasteiger partial charge on any atom is 0.0453 e. The first-order valence-electron chi connectivity index (χ1n) is 4.89. The third kappa shape index (κ3) is 3.86. The molecular formula is C12H15Cl2N. The molecule has 0 unspecified atom stereocenters. The monoisotopic (exact) mass is 243 g/mol. The van der Waals surface area contributed by atoms with Crippen LogP contribution in [0.3, 0.4) is 0 Å². The quantitative estimate of drug-likeness (QED) is 0.839. The highest BCUT2D eigenvalue weighted by atomic mass is 35.5. The van der Waals surface area contributed by atoms with Crippen molar-refractivity contribution in [3.63, 3.8) is 0 Å². The van der Waals surface area contributed by atoms with E-state index in [1.54, 1.807) is 5.54 Å². The average molecular weight is 244 g/mol. The molecule has 0 fully saturated rings. The Labute approximate surface area is 101 Å². The summed E-state index contributed by atoms with van der Waals surface area (Å²) in [6.45, 7) is 4.85. The van der Waals surface area contributed by atoms with Crippen molar-refractivity contribution in [2.45, 2.75) is 19.9 Å². The number of hydrogen-bond acceptors (Lipinski definition) is 1. The summed E-state index contributed by atoms with van der Waals surface area (Å²) >= 11 is 11.7. The molecule has 1 aromatic rings. The summed E-state index contributed by atoms with van der Waals surface area (Å²) in [6.07, 6.45) is 0. The molecule has 0 aromatic heterocycles. The van der Waals surface area contributed by atoms with E-state index in [-0.39, 0.29) is 6.04 Å². The van der Waals surface area contributed by atoms with E-state index in [2.05, 4.69) is 12.2 Å². The molecule has 0 aliphatic rings. The molecule has 0 saturated heterocycles. The van der Waals surface area contributed by atoms with Gasteiger partial charge in [0, 0.05) is 23.1 Å². The maximum absolute atomic E-state index is 6.09. The van der Waals surface area contributed by atoms with Gasteiger partial charge in [0.15, 0.2) is 0 Å². The molecule has 15 heavy (non-hydrogen) atoms. The SMILES string of the molecule is C/C(=C\Cl)CN[C@@H](C)c1ccccc1Cl. The molecule has 0 amide bonds. The first-order valence-corrected chi connectivity index (χ1v) is 5.70. The summed E-state index contributed by atoms with van der Waals surface area (Å²) in [5.74, 6) is 0. The molecule has 1 rings (SSSR count). The minimum Gasteiger partial charge on any atom is -0.306 e. The van der Waals surface area contributed by atoms with Gasteiger partial charge in [-0.1, -0.05) is 41.4 Å². The van der Waals surface area contributed by atoms with Crippen LogP contribution >= 0.6 is 23.2 Å². The molecule has 1 nitrogen and oxygen atoms in total. The Balaban J connectivity index is 2.61. The van der Waals surface area contributed by atoms with Crippen molar-refractivity contribution < 1.29 is 0 Å². The molecular weight excluding hydrogens is 229 g/mol. The van der Waals surface area contributed by atoms with Gasteiger partial charge in [-0.3, -0.25) is 0 Å². The van der Waals surface area contributed by atoms with Crippen LogP contribution in [0.15, 0.2) is 35.4 Å². The zero-order chi connectivity index (χ0) is 11.3. The predicted octanol–water partition coefficient (Wildman–Crippen LogP) is 4.13. The summed E-state index contributed by atoms with van der Waals surface area (Å²) < 4.78 is 0. The van der Waals surface area contributed by atoms with Gasteiger partial charge < -0.3 is 5.32 Å². The molecule has 0 spiro atoms. The summed E-state index contributed by atoms with van der Waals surface area (Å²) in [5.41, 5.74) is 3.81. The van der Waals surface area contributed by atoms with Gasteiger partial charge >= 0.3 is 0 Å². The summed E-state index contributed by atoms with van der Waals surface area (Å²) in [4.78, 5) is 0. The highest BCUT2D eigenvalue weighted by molar-refractivity contribution is 6.31. The number of hydrogen-bond donors (Lipinski definition) is 1. The molecule has 0 heterocycles. The lowest BCUT2D eigenvalue weighted by Gasteiger charge is -2.15. The second-order valence-corrected chi connectivity index (χ2v) is 4.20. The highest BCUT2D eigenvalue weighted by Crippen LogP contribution is 2.22. The number of benzene rings is 1. The molecule has 1 atom stereocenters. The number of halogens is 2. The highest BCUT2D eigenvalue weighted by Gasteiger charge is 2.07. The van der Waals surface area contributed by atoms with E-state index in [1.807, 2.05) is 31.2 Å². The zero-order valence-corrected chi connectivity index (χ0v) is 10.4. The van der Waals surface area contributed by atoms with Gasteiger partial charge in [-0.2, -0.15) is 0 Å². The lowest BCUT2D eigenvalue weighted by molar-refractivity contribution is 0.607. The molecule has 1 aromatic carbocycles. The Kier molecular flexibility index (Phi) is 5.16. The minimum atomic E-state index is 0.227. The van der Waals surface area contributed by atoms with E-state index in [4.69, 9.17) is 23.2 Å². The first kappa shape index (κ1) is 12.6. The Hall–Kier alpha value is -0.500. The topological polar surface area (TPSA) is 12.0 Å². The summed E-state index contributed by atoms with van der Waals surface area (Å²) in [5, 5.41) is 4.15. The number of rotatable bonds is 4. The van der Waals surface area contributed by atoms with Gasteiger partial charge in [-0.15, -0.1) is 0 Å². The van der Waals surface area contributed by atoms with E-state index in [0.29, 0.717) is 0 Å². The summed E-state index contributed by atoms with van der Waals surface area (Å²) in [6, 6.07) is 8.08. The lowest BCUT2D eigenvalue weighted by atomic mass is 10.1. The number of nitrogens with one attached hydrogen (secondary N) is 1. The van der Waals surface area contributed by atoms with E-state index < -0.39 is 0 Å². The van der Waals surface area contributed by atoms with Crippen molar-refractivity contribution in [1.82, 2.24) is 5.32 Å². The van der Waals surface area contributed by atoms with Crippen molar-refractivity contribution >= 4 is 23.2 Å². The van der Waals surface area contributed by atoms with Gasteiger partial charge in [0.25, 0.3) is 0 Å². The fraction of sp³-hybridized carbons (Fsp3) is 0.333. The van der Waals surface area contributed by atoms with E-state index in [1.165, 1.54) is 0 Å². The third-order valence-electron chi connectivity index (χ3n) is 2.25. The van der Waals surface area contributed by atoms with E-state index in [0.717, 1.165) is 22.7 Å². The van der Waals surface area contributed by atoms with Crippen LogP contribution in [-0.4, -0.2) is 6.54 Å². The van der Waals surface area contributed by atoms with Gasteiger partial charge in [0.05, 0.1) is 0 Å². The van der Waals surface area contributed by atoms with Gasteiger partial charge in [-0.05, 0) is 31.1 Å². The lowest BCUT2D eigenvalue weighted by Crippen LogP contribution is -2.20. The normalized spacial score (nSPS) is 14.0. The van der Waals surface area contributed by atoms with Crippen LogP contribution in [0.4, 0.5) is 0 Å². The predicted molar refractivity (Wildman–Crippen MR) is 67.5 cm³/mol. The Bertz CT molecular complexity index is 347. The van der Waals surface area contributed by atoms with Gasteiger partial charge in [-0.25, -0.2) is 0 Å². The molecule has 82 valence electrons. The molecule has 3 heteroatoms. The second-order valence-electron chi connectivity index (χ2n) is 3.58. The van der Waals surface area contributed by atoms with Crippen molar-refractivity contribution in [3.8, 4) is 0 Å². The molecule has 0 saturated carbocycles. The van der Waals surface area contributed by atoms with E-state index in [9.17, 15) is 0 Å². The molecule has 0 bridgehead atoms.